The van der Waals surface area contributed by atoms with Gasteiger partial charge in [-0.05, 0) is 40.7 Å². The van der Waals surface area contributed by atoms with Crippen molar-refractivity contribution >= 4 is 24.2 Å². The molecule has 0 bridgehead atoms. The van der Waals surface area contributed by atoms with Gasteiger partial charge in [0, 0.05) is 37.2 Å². The molecule has 8 heteroatoms. The molecule has 1 aliphatic heterocycles. The van der Waals surface area contributed by atoms with Crippen LogP contribution in [0.2, 0.25) is 0 Å². The van der Waals surface area contributed by atoms with Gasteiger partial charge in [0.25, 0.3) is 0 Å². The third-order valence-electron chi connectivity index (χ3n) is 3.90. The fourth-order valence-corrected chi connectivity index (χ4v) is 3.43. The van der Waals surface area contributed by atoms with E-state index in [-0.39, 0.29) is 24.2 Å². The summed E-state index contributed by atoms with van der Waals surface area (Å²) in [7, 11) is 1.60. The van der Waals surface area contributed by atoms with Gasteiger partial charge in [-0.2, -0.15) is 0 Å². The smallest absolute Gasteiger partial charge is 0.426 e. The Morgan fingerprint density at radius 3 is 2.67 bits per heavy atom. The van der Waals surface area contributed by atoms with Crippen molar-refractivity contribution in [1.82, 2.24) is 8.61 Å². The molecular weight excluding hydrogens is 368 g/mol. The molecule has 0 saturated heterocycles. The summed E-state index contributed by atoms with van der Waals surface area (Å²) >= 11 is 1.12. The summed E-state index contributed by atoms with van der Waals surface area (Å²) in [5.74, 6) is 0.676. The van der Waals surface area contributed by atoms with Gasteiger partial charge in [0.05, 0.1) is 6.61 Å². The van der Waals surface area contributed by atoms with Crippen LogP contribution in [0.15, 0.2) is 18.2 Å². The molecule has 1 heterocycles. The lowest BCUT2D eigenvalue weighted by molar-refractivity contribution is -0.143. The Morgan fingerprint density at radius 1 is 1.33 bits per heavy atom. The Balaban J connectivity index is 2.02. The zero-order valence-corrected chi connectivity index (χ0v) is 17.6. The van der Waals surface area contributed by atoms with Crippen LogP contribution < -0.4 is 9.47 Å². The number of carbonyl (C=O) groups is 2. The highest BCUT2D eigenvalue weighted by Gasteiger charge is 2.33. The zero-order valence-electron chi connectivity index (χ0n) is 16.8. The molecule has 0 saturated carbocycles. The van der Waals surface area contributed by atoms with Gasteiger partial charge in [-0.1, -0.05) is 12.1 Å². The van der Waals surface area contributed by atoms with Gasteiger partial charge < -0.3 is 14.2 Å². The normalized spacial score (nSPS) is 14.7. The lowest BCUT2D eigenvalue weighted by Gasteiger charge is -2.27. The van der Waals surface area contributed by atoms with Crippen LogP contribution in [0.5, 0.6) is 11.5 Å². The minimum Gasteiger partial charge on any atom is -0.483 e. The first-order chi connectivity index (χ1) is 12.6. The van der Waals surface area contributed by atoms with Crippen LogP contribution in [0.4, 0.5) is 4.79 Å². The van der Waals surface area contributed by atoms with Crippen LogP contribution in [0.25, 0.3) is 0 Å². The lowest BCUT2D eigenvalue weighted by atomic mass is 10.0. The number of rotatable bonds is 7. The Labute approximate surface area is 165 Å². The first kappa shape index (κ1) is 21.4. The molecule has 0 N–H and O–H groups in total. The molecule has 0 radical (unpaired) electrons. The lowest BCUT2D eigenvalue weighted by Crippen LogP contribution is -2.36. The summed E-state index contributed by atoms with van der Waals surface area (Å²) in [6.45, 7) is 10.0. The molecule has 7 nitrogen and oxygen atoms in total. The predicted octanol–water partition coefficient (Wildman–Crippen LogP) is 3.67. The largest absolute Gasteiger partial charge is 0.483 e. The molecule has 0 aromatic heterocycles. The Bertz CT molecular complexity index is 693. The van der Waals surface area contributed by atoms with E-state index in [1.54, 1.807) is 24.3 Å². The summed E-state index contributed by atoms with van der Waals surface area (Å²) in [5.41, 5.74) is 0.700. The minimum atomic E-state index is -0.545. The van der Waals surface area contributed by atoms with Crippen molar-refractivity contribution in [3.8, 4) is 11.5 Å². The molecule has 2 rings (SSSR count). The first-order valence-electron chi connectivity index (χ1n) is 8.99. The van der Waals surface area contributed by atoms with E-state index in [2.05, 4.69) is 0 Å². The van der Waals surface area contributed by atoms with E-state index in [1.807, 2.05) is 39.8 Å². The van der Waals surface area contributed by atoms with Gasteiger partial charge in [0.2, 0.25) is 0 Å². The van der Waals surface area contributed by atoms with Crippen LogP contribution in [-0.2, 0) is 16.0 Å². The molecule has 0 unspecified atom stereocenters. The second kappa shape index (κ2) is 8.84. The number of benzene rings is 1. The Morgan fingerprint density at radius 2 is 2.04 bits per heavy atom. The van der Waals surface area contributed by atoms with Crippen LogP contribution in [0.1, 0.15) is 40.2 Å². The Hall–Kier alpha value is -1.93. The number of para-hydroxylation sites is 1. The molecule has 0 spiro atoms. The fraction of sp³-hybridized carbons (Fsp3) is 0.579. The summed E-state index contributed by atoms with van der Waals surface area (Å²) in [6.07, 6.45) is 0.218. The molecule has 0 aliphatic carbocycles. The van der Waals surface area contributed by atoms with Crippen LogP contribution in [0, 0.1) is 0 Å². The van der Waals surface area contributed by atoms with E-state index in [9.17, 15) is 9.59 Å². The number of nitrogens with zero attached hydrogens (tertiary/aromatic N) is 2. The SMILES string of the molecule is CCOC(=O)CN(SN(C)C(=O)Oc1cccc2c1OC(C)(C)C2)C(C)C. The van der Waals surface area contributed by atoms with Gasteiger partial charge in [-0.15, -0.1) is 0 Å². The van der Waals surface area contributed by atoms with Crippen molar-refractivity contribution < 1.29 is 23.8 Å². The number of fused-ring (bicyclic) bond motifs is 1. The maximum absolute atomic E-state index is 12.5. The van der Waals surface area contributed by atoms with Crippen LogP contribution in [0.3, 0.4) is 0 Å². The van der Waals surface area contributed by atoms with E-state index in [4.69, 9.17) is 14.2 Å². The fourth-order valence-electron chi connectivity index (χ4n) is 2.66. The molecule has 1 aromatic carbocycles. The average molecular weight is 397 g/mol. The van der Waals surface area contributed by atoms with E-state index >= 15 is 0 Å². The molecule has 27 heavy (non-hydrogen) atoms. The van der Waals surface area contributed by atoms with E-state index in [0.29, 0.717) is 18.1 Å². The van der Waals surface area contributed by atoms with Crippen molar-refractivity contribution in [3.63, 3.8) is 0 Å². The first-order valence-corrected chi connectivity index (χ1v) is 9.72. The predicted molar refractivity (Wildman–Crippen MR) is 105 cm³/mol. The van der Waals surface area contributed by atoms with Gasteiger partial charge in [-0.25, -0.2) is 13.4 Å². The molecule has 150 valence electrons. The van der Waals surface area contributed by atoms with Crippen molar-refractivity contribution in [2.24, 2.45) is 0 Å². The maximum atomic E-state index is 12.5. The Kier molecular flexibility index (Phi) is 7.00. The quantitative estimate of drug-likeness (QED) is 0.514. The second-order valence-electron chi connectivity index (χ2n) is 7.20. The number of hydrogen-bond acceptors (Lipinski definition) is 7. The second-order valence-corrected chi connectivity index (χ2v) is 8.38. The van der Waals surface area contributed by atoms with Crippen molar-refractivity contribution in [3.05, 3.63) is 23.8 Å². The van der Waals surface area contributed by atoms with E-state index in [1.165, 1.54) is 4.31 Å². The zero-order chi connectivity index (χ0) is 20.2. The number of ether oxygens (including phenoxy) is 3. The number of carbonyl (C=O) groups excluding carboxylic acids is 2. The van der Waals surface area contributed by atoms with Crippen LogP contribution in [-0.4, -0.2) is 52.5 Å². The molecule has 0 atom stereocenters. The van der Waals surface area contributed by atoms with Crippen LogP contribution >= 0.6 is 12.1 Å². The van der Waals surface area contributed by atoms with Gasteiger partial charge in [-0.3, -0.25) is 4.79 Å². The van der Waals surface area contributed by atoms with Gasteiger partial charge in [0.1, 0.15) is 12.1 Å². The van der Waals surface area contributed by atoms with Crippen molar-refractivity contribution in [1.29, 1.82) is 0 Å². The average Bonchev–Trinajstić information content (AvgIpc) is 2.89. The highest BCUT2D eigenvalue weighted by atomic mass is 32.2. The molecule has 1 aliphatic rings. The van der Waals surface area contributed by atoms with E-state index in [0.717, 1.165) is 24.1 Å². The summed E-state index contributed by atoms with van der Waals surface area (Å²) in [4.78, 5) is 24.3. The standard InChI is InChI=1S/C19H28N2O5S/c1-7-24-16(22)12-21(13(2)3)27-20(6)18(23)25-15-10-8-9-14-11-19(4,5)26-17(14)15/h8-10,13H,7,11-12H2,1-6H3. The minimum absolute atomic E-state index is 0.0276. The molecule has 0 fully saturated rings. The van der Waals surface area contributed by atoms with Crippen molar-refractivity contribution in [2.45, 2.75) is 52.7 Å². The topological polar surface area (TPSA) is 68.3 Å². The van der Waals surface area contributed by atoms with Gasteiger partial charge in [0.15, 0.2) is 11.5 Å². The molecular formula is C19H28N2O5S. The van der Waals surface area contributed by atoms with Gasteiger partial charge >= 0.3 is 12.1 Å². The molecule has 1 aromatic rings. The maximum Gasteiger partial charge on any atom is 0.426 e. The summed E-state index contributed by atoms with van der Waals surface area (Å²) in [5, 5.41) is 0. The highest BCUT2D eigenvalue weighted by molar-refractivity contribution is 7.95. The third kappa shape index (κ3) is 5.77. The number of hydrogen-bond donors (Lipinski definition) is 0. The summed E-state index contributed by atoms with van der Waals surface area (Å²) < 4.78 is 19.6. The monoisotopic (exact) mass is 396 g/mol. The third-order valence-corrected chi connectivity index (χ3v) is 5.06. The number of amides is 1. The summed E-state index contributed by atoms with van der Waals surface area (Å²) in [6, 6.07) is 5.56. The number of esters is 1. The van der Waals surface area contributed by atoms with Crippen molar-refractivity contribution in [2.75, 3.05) is 20.2 Å². The van der Waals surface area contributed by atoms with E-state index < -0.39 is 6.09 Å². The highest BCUT2D eigenvalue weighted by Crippen LogP contribution is 2.42. The molecule has 1 amide bonds.